The number of urea groups is 3. The monoisotopic (exact) mass is 1280 g/mol. The van der Waals surface area contributed by atoms with E-state index in [2.05, 4.69) is 70.2 Å². The van der Waals surface area contributed by atoms with Crippen LogP contribution < -0.4 is 54.0 Å². The summed E-state index contributed by atoms with van der Waals surface area (Å²) in [4.78, 5) is 155. The van der Waals surface area contributed by atoms with Crippen molar-refractivity contribution in [1.82, 2.24) is 57.2 Å². The maximum absolute atomic E-state index is 13.7. The summed E-state index contributed by atoms with van der Waals surface area (Å²) >= 11 is 0. The largest absolute Gasteiger partial charge is 0.480 e. The molecule has 0 spiro atoms. The summed E-state index contributed by atoms with van der Waals surface area (Å²) in [5.41, 5.74) is 8.65. The number of hydrogen-bond acceptors (Lipinski definition) is 13. The van der Waals surface area contributed by atoms with Gasteiger partial charge in [0, 0.05) is 46.7 Å². The minimum absolute atomic E-state index is 0.00966. The van der Waals surface area contributed by atoms with Gasteiger partial charge in [0.2, 0.25) is 41.2 Å². The third-order valence-electron chi connectivity index (χ3n) is 21.6. The van der Waals surface area contributed by atoms with Gasteiger partial charge in [-0.05, 0) is 86.8 Å². The third-order valence-corrected chi connectivity index (χ3v) is 21.6. The van der Waals surface area contributed by atoms with Crippen LogP contribution in [-0.4, -0.2) is 191 Å². The number of carboxylic acids is 1. The van der Waals surface area contributed by atoms with Crippen molar-refractivity contribution in [2.24, 2.45) is 91.3 Å². The number of carbonyl (C=O) groups excluding carboxylic acids is 11. The van der Waals surface area contributed by atoms with Crippen molar-refractivity contribution < 1.29 is 67.7 Å². The van der Waals surface area contributed by atoms with Crippen LogP contribution >= 0.6 is 0 Å². The molecule has 0 bridgehead atoms. The maximum atomic E-state index is 13.7. The Morgan fingerprint density at radius 3 is 1.07 bits per heavy atom. The Hall–Kier alpha value is -6.80. The molecule has 0 radical (unpaired) electrons. The fraction of sp³-hybridized carbons (Fsp3) is 0.812. The van der Waals surface area contributed by atoms with Gasteiger partial charge < -0.3 is 78.9 Å². The normalized spacial score (nSPS) is 28.0. The second kappa shape index (κ2) is 27.0. The number of nitrogens with one attached hydrogen (secondary N) is 8. The van der Waals surface area contributed by atoms with E-state index in [4.69, 9.17) is 11.5 Å². The third kappa shape index (κ3) is 15.7. The summed E-state index contributed by atoms with van der Waals surface area (Å²) in [5.74, 6) is -4.53. The summed E-state index contributed by atoms with van der Waals surface area (Å²) in [6.07, 6.45) is 5.37. The molecule has 8 fully saturated rings. The van der Waals surface area contributed by atoms with Crippen molar-refractivity contribution in [3.05, 3.63) is 0 Å². The number of nitrogens with zero attached hydrogens (tertiary/aromatic N) is 3. The lowest BCUT2D eigenvalue weighted by molar-refractivity contribution is -0.152. The van der Waals surface area contributed by atoms with Gasteiger partial charge in [-0.3, -0.25) is 38.4 Å². The second-order valence-corrected chi connectivity index (χ2v) is 31.9. The summed E-state index contributed by atoms with van der Waals surface area (Å²) in [5, 5.41) is 41.1. The zero-order valence-corrected chi connectivity index (χ0v) is 56.9. The first kappa shape index (κ1) is 73.3. The van der Waals surface area contributed by atoms with E-state index in [1.165, 1.54) is 30.9 Å². The number of carbonyl (C=O) groups is 12. The number of Topliss-reactive ketones (excluding diaryl/α,β-unsaturated/α-hetero) is 1. The number of rotatable bonds is 19. The van der Waals surface area contributed by atoms with Gasteiger partial charge in [-0.1, -0.05) is 142 Å². The number of primary amides is 2. The van der Waals surface area contributed by atoms with Crippen LogP contribution in [0, 0.1) is 79.8 Å². The van der Waals surface area contributed by atoms with E-state index in [1.807, 2.05) is 76.2 Å². The number of aliphatic hydroxyl groups excluding tert-OH is 1. The molecule has 3 unspecified atom stereocenters. The van der Waals surface area contributed by atoms with Crippen LogP contribution in [0.25, 0.3) is 0 Å². The van der Waals surface area contributed by atoms with E-state index in [0.717, 1.165) is 38.5 Å². The Bertz CT molecular complexity index is 2830. The molecule has 5 saturated carbocycles. The first-order valence-electron chi connectivity index (χ1n) is 32.3. The average Bonchev–Trinajstić information content (AvgIpc) is 1.55. The van der Waals surface area contributed by atoms with Gasteiger partial charge in [-0.2, -0.15) is 0 Å². The Balaban J connectivity index is 0.000000222. The van der Waals surface area contributed by atoms with Crippen LogP contribution in [0.1, 0.15) is 155 Å². The number of fused-ring (bicyclic) bond motifs is 3. The maximum Gasteiger partial charge on any atom is 0.326 e. The molecule has 8 aliphatic rings. The van der Waals surface area contributed by atoms with E-state index in [0.29, 0.717) is 38.4 Å². The molecule has 27 heteroatoms. The smallest absolute Gasteiger partial charge is 0.326 e. The highest BCUT2D eigenvalue weighted by atomic mass is 16.4. The molecular weight excluding hydrogens is 1170 g/mol. The number of likely N-dealkylation sites (tertiary alicyclic amines) is 3. The number of aliphatic hydroxyl groups is 1. The van der Waals surface area contributed by atoms with E-state index >= 15 is 0 Å². The highest BCUT2D eigenvalue weighted by Crippen LogP contribution is 2.67. The molecule has 0 aromatic rings. The fourth-order valence-electron chi connectivity index (χ4n) is 15.0. The minimum atomic E-state index is -1.49. The fourth-order valence-corrected chi connectivity index (χ4v) is 15.0. The number of aliphatic carboxylic acids is 1. The zero-order chi connectivity index (χ0) is 68.9. The molecule has 27 nitrogen and oxygen atoms in total. The lowest BCUT2D eigenvalue weighted by Gasteiger charge is -2.38. The number of piperidine rings is 3. The van der Waals surface area contributed by atoms with Crippen molar-refractivity contribution in [2.75, 3.05) is 40.8 Å². The molecule has 13 amide bonds. The number of nitrogens with two attached hydrogens (primary N) is 2. The van der Waals surface area contributed by atoms with Crippen LogP contribution in [-0.2, 0) is 43.2 Å². The van der Waals surface area contributed by atoms with E-state index in [1.54, 1.807) is 4.90 Å². The molecular formula is C64H107N13O14. The number of carboxylic acid groups (broad SMARTS) is 1. The molecule has 3 aliphatic heterocycles. The van der Waals surface area contributed by atoms with Crippen molar-refractivity contribution in [3.8, 4) is 0 Å². The van der Waals surface area contributed by atoms with Gasteiger partial charge in [0.25, 0.3) is 5.91 Å². The first-order chi connectivity index (χ1) is 41.8. The summed E-state index contributed by atoms with van der Waals surface area (Å²) in [6, 6.07) is -7.96. The van der Waals surface area contributed by atoms with Crippen molar-refractivity contribution >= 4 is 71.2 Å². The van der Waals surface area contributed by atoms with Crippen molar-refractivity contribution in [1.29, 1.82) is 0 Å². The van der Waals surface area contributed by atoms with Gasteiger partial charge in [-0.15, -0.1) is 0 Å². The van der Waals surface area contributed by atoms with Gasteiger partial charge in [0.15, 0.2) is 6.10 Å². The summed E-state index contributed by atoms with van der Waals surface area (Å²) in [6.45, 7) is 30.3. The van der Waals surface area contributed by atoms with E-state index in [9.17, 15) is 67.7 Å². The highest BCUT2D eigenvalue weighted by Gasteiger charge is 2.72. The Kier molecular flexibility index (Phi) is 21.8. The molecule has 14 N–H and O–H groups in total. The standard InChI is InChI=1S/C24H41N5O5.C24H39N5O5.C16H27N3O4/c2*1-23(2,3)18(28-22(34)26-6)21(33)29-11-13-15(24(13,4)5)16(29)20(32)27-14(17(30)19(25)31)10-12-8-7-9-12;1-15(2,3)11(18-14(23)17-6)12(20)19-7-8-9(16(8,4)5)10(19)13(21)22/h12-18,30H,7-11H2,1-6H3,(H2,25,31)(H,27,32)(H2,26,28,34);12-16,18H,7-11H2,1-6H3,(H2,25,31)(H,27,32)(H2,26,28,34);8-11H,7H2,1-6H3,(H,21,22)(H2,17,18,23)/t13-,14?,15-,16-,17?,18+;13-,14?,15-,16-,18+;8-,9-,10-,11+/m000/s1. The minimum Gasteiger partial charge on any atom is -0.480 e. The second-order valence-electron chi connectivity index (χ2n) is 31.9. The molecule has 5 aliphatic carbocycles. The number of hydrogen-bond donors (Lipinski definition) is 12. The molecule has 3 saturated heterocycles. The van der Waals surface area contributed by atoms with E-state index < -0.39 is 118 Å². The van der Waals surface area contributed by atoms with Crippen LogP contribution in [0.15, 0.2) is 0 Å². The molecule has 15 atom stereocenters. The van der Waals surface area contributed by atoms with Crippen molar-refractivity contribution in [2.45, 2.75) is 210 Å². The Morgan fingerprint density at radius 1 is 0.484 bits per heavy atom. The predicted molar refractivity (Wildman–Crippen MR) is 336 cm³/mol. The molecule has 0 aromatic heterocycles. The highest BCUT2D eigenvalue weighted by molar-refractivity contribution is 6.37. The molecule has 91 heavy (non-hydrogen) atoms. The van der Waals surface area contributed by atoms with Crippen LogP contribution in [0.4, 0.5) is 14.4 Å². The van der Waals surface area contributed by atoms with Crippen LogP contribution in [0.5, 0.6) is 0 Å². The van der Waals surface area contributed by atoms with E-state index in [-0.39, 0.29) is 81.3 Å². The van der Waals surface area contributed by atoms with Gasteiger partial charge in [0.1, 0.15) is 36.3 Å². The molecule has 512 valence electrons. The average molecular weight is 1280 g/mol. The van der Waals surface area contributed by atoms with Gasteiger partial charge in [0.05, 0.1) is 12.1 Å². The number of amides is 13. The number of ketones is 1. The van der Waals surface area contributed by atoms with Crippen LogP contribution in [0.2, 0.25) is 0 Å². The molecule has 3 heterocycles. The van der Waals surface area contributed by atoms with Gasteiger partial charge >= 0.3 is 24.1 Å². The van der Waals surface area contributed by atoms with Gasteiger partial charge in [-0.25, -0.2) is 19.2 Å². The zero-order valence-electron chi connectivity index (χ0n) is 56.9. The SMILES string of the molecule is CNC(=O)N[C@H](C(=O)N1C[C@H]2[C@@H]([C@H]1C(=O)NC(CC1CCC1)C(=O)C(N)=O)C2(C)C)C(C)(C)C.CNC(=O)N[C@H](C(=O)N1C[C@H]2[C@@H]([C@H]1C(=O)NC(CC1CCC1)C(O)C(N)=O)C2(C)C)C(C)(C)C.CNC(=O)N[C@H](C(=O)N1C[C@H]2[C@@H]([C@H]1C(=O)O)C2(C)C)C(C)(C)C. The Labute approximate surface area is 536 Å². The van der Waals surface area contributed by atoms with Crippen molar-refractivity contribution in [3.63, 3.8) is 0 Å². The summed E-state index contributed by atoms with van der Waals surface area (Å²) in [7, 11) is 4.43. The topological polar surface area (TPSA) is 403 Å². The molecule has 8 rings (SSSR count). The first-order valence-corrected chi connectivity index (χ1v) is 32.3. The summed E-state index contributed by atoms with van der Waals surface area (Å²) < 4.78 is 0. The Morgan fingerprint density at radius 2 is 0.791 bits per heavy atom. The lowest BCUT2D eigenvalue weighted by atomic mass is 9.79. The predicted octanol–water partition coefficient (Wildman–Crippen LogP) is 1.77. The lowest BCUT2D eigenvalue weighted by Crippen LogP contribution is -2.61. The quantitative estimate of drug-likeness (QED) is 0.0821. The molecule has 0 aromatic carbocycles. The van der Waals surface area contributed by atoms with Crippen LogP contribution in [0.3, 0.4) is 0 Å².